The molecule has 3 N–H and O–H groups in total. The Bertz CT molecular complexity index is 1740. The smallest absolute Gasteiger partial charge is 0.159 e. The van der Waals surface area contributed by atoms with Crippen LogP contribution in [0, 0.1) is 12.8 Å². The summed E-state index contributed by atoms with van der Waals surface area (Å²) in [5, 5.41) is 12.4. The van der Waals surface area contributed by atoms with Crippen molar-refractivity contribution in [2.24, 2.45) is 5.92 Å². The van der Waals surface area contributed by atoms with Gasteiger partial charge in [0.25, 0.3) is 0 Å². The van der Waals surface area contributed by atoms with Crippen molar-refractivity contribution < 1.29 is 0 Å². The highest BCUT2D eigenvalue weighted by atomic mass is 15.1. The standard InChI is InChI=1S/C29H29N9/c1-18-16-38(17-33-18)26-15-32-14-25-28(26)35-29(34-25)27-23-9-21(6-7-24(23)36-37-27)22-8-20(12-31-13-22)11-30-10-19-4-2-3-5-19/h6-9,12-17,19,30H,2-5,10-11H2,1H3,(H,34,35)(H,36,37). The number of fused-ring (bicyclic) bond motifs is 2. The summed E-state index contributed by atoms with van der Waals surface area (Å²) in [5.74, 6) is 1.51. The molecule has 5 aromatic heterocycles. The number of hydrogen-bond donors (Lipinski definition) is 3. The third-order valence-electron chi connectivity index (χ3n) is 7.52. The number of pyridine rings is 2. The van der Waals surface area contributed by atoms with Gasteiger partial charge in [-0.1, -0.05) is 18.9 Å². The van der Waals surface area contributed by atoms with Crippen molar-refractivity contribution in [2.45, 2.75) is 39.2 Å². The summed E-state index contributed by atoms with van der Waals surface area (Å²) in [7, 11) is 0. The molecule has 0 radical (unpaired) electrons. The van der Waals surface area contributed by atoms with Crippen LogP contribution in [0.25, 0.3) is 50.3 Å². The van der Waals surface area contributed by atoms with Crippen molar-refractivity contribution in [1.82, 2.24) is 45.0 Å². The van der Waals surface area contributed by atoms with Crippen LogP contribution in [0.4, 0.5) is 0 Å². The molecule has 1 aliphatic rings. The van der Waals surface area contributed by atoms with E-state index in [1.54, 1.807) is 18.7 Å². The number of H-pyrrole nitrogens is 2. The Hall–Kier alpha value is -4.37. The average molecular weight is 504 g/mol. The van der Waals surface area contributed by atoms with Crippen LogP contribution in [-0.4, -0.2) is 46.2 Å². The van der Waals surface area contributed by atoms with E-state index in [0.29, 0.717) is 5.82 Å². The second kappa shape index (κ2) is 9.50. The molecule has 0 unspecified atom stereocenters. The summed E-state index contributed by atoms with van der Waals surface area (Å²) < 4.78 is 1.94. The zero-order chi connectivity index (χ0) is 25.5. The van der Waals surface area contributed by atoms with Crippen molar-refractivity contribution in [3.05, 3.63) is 72.8 Å². The van der Waals surface area contributed by atoms with Gasteiger partial charge in [-0.15, -0.1) is 0 Å². The van der Waals surface area contributed by atoms with E-state index in [9.17, 15) is 0 Å². The number of aromatic nitrogens is 8. The SMILES string of the molecule is Cc1cn(-c2cncc3[nH]c(-c4n[nH]c5ccc(-c6cncc(CNCC7CCCC7)c6)cc45)nc23)cn1. The predicted molar refractivity (Wildman–Crippen MR) is 148 cm³/mol. The van der Waals surface area contributed by atoms with Crippen molar-refractivity contribution in [3.8, 4) is 28.3 Å². The largest absolute Gasteiger partial charge is 0.335 e. The summed E-state index contributed by atoms with van der Waals surface area (Å²) in [6, 6.07) is 8.56. The molecule has 1 aliphatic carbocycles. The van der Waals surface area contributed by atoms with Gasteiger partial charge in [-0.25, -0.2) is 9.97 Å². The van der Waals surface area contributed by atoms with Crippen molar-refractivity contribution in [1.29, 1.82) is 0 Å². The lowest BCUT2D eigenvalue weighted by atomic mass is 10.0. The minimum Gasteiger partial charge on any atom is -0.335 e. The molecule has 1 aromatic carbocycles. The van der Waals surface area contributed by atoms with E-state index in [-0.39, 0.29) is 0 Å². The molecule has 0 saturated heterocycles. The average Bonchev–Trinajstić information content (AvgIpc) is 3.74. The Morgan fingerprint density at radius 2 is 1.89 bits per heavy atom. The van der Waals surface area contributed by atoms with Gasteiger partial charge in [0.15, 0.2) is 5.82 Å². The first-order valence-corrected chi connectivity index (χ1v) is 13.2. The Morgan fingerprint density at radius 3 is 2.76 bits per heavy atom. The van der Waals surface area contributed by atoms with E-state index in [0.717, 1.165) is 69.1 Å². The van der Waals surface area contributed by atoms with Gasteiger partial charge in [0.1, 0.15) is 11.2 Å². The van der Waals surface area contributed by atoms with E-state index in [4.69, 9.17) is 4.98 Å². The van der Waals surface area contributed by atoms with Crippen molar-refractivity contribution in [3.63, 3.8) is 0 Å². The molecular formula is C29H29N9. The molecule has 0 bridgehead atoms. The maximum atomic E-state index is 4.93. The van der Waals surface area contributed by atoms with Crippen LogP contribution in [0.1, 0.15) is 36.9 Å². The highest BCUT2D eigenvalue weighted by Gasteiger charge is 2.17. The van der Waals surface area contributed by atoms with Crippen LogP contribution >= 0.6 is 0 Å². The predicted octanol–water partition coefficient (Wildman–Crippen LogP) is 5.34. The zero-order valence-electron chi connectivity index (χ0n) is 21.3. The molecule has 0 spiro atoms. The molecule has 0 atom stereocenters. The lowest BCUT2D eigenvalue weighted by Crippen LogP contribution is -2.20. The summed E-state index contributed by atoms with van der Waals surface area (Å²) in [4.78, 5) is 21.6. The molecule has 7 rings (SSSR count). The van der Waals surface area contributed by atoms with Crippen molar-refractivity contribution >= 4 is 21.9 Å². The van der Waals surface area contributed by atoms with Crippen LogP contribution in [0.2, 0.25) is 0 Å². The highest BCUT2D eigenvalue weighted by molar-refractivity contribution is 5.96. The number of aryl methyl sites for hydroxylation is 1. The molecule has 1 saturated carbocycles. The summed E-state index contributed by atoms with van der Waals surface area (Å²) in [5.41, 5.74) is 8.58. The molecule has 0 amide bonds. The maximum absolute atomic E-state index is 4.93. The molecule has 190 valence electrons. The normalized spacial score (nSPS) is 14.2. The highest BCUT2D eigenvalue weighted by Crippen LogP contribution is 2.31. The van der Waals surface area contributed by atoms with E-state index < -0.39 is 0 Å². The van der Waals surface area contributed by atoms with E-state index >= 15 is 0 Å². The van der Waals surface area contributed by atoms with E-state index in [1.807, 2.05) is 30.1 Å². The third kappa shape index (κ3) is 4.24. The molecule has 0 aliphatic heterocycles. The van der Waals surface area contributed by atoms with Gasteiger partial charge >= 0.3 is 0 Å². The number of nitrogens with one attached hydrogen (secondary N) is 3. The zero-order valence-corrected chi connectivity index (χ0v) is 21.3. The number of imidazole rings is 2. The first-order chi connectivity index (χ1) is 18.7. The quantitative estimate of drug-likeness (QED) is 0.271. The number of benzene rings is 1. The van der Waals surface area contributed by atoms with Crippen LogP contribution < -0.4 is 5.32 Å². The van der Waals surface area contributed by atoms with E-state index in [2.05, 4.69) is 59.7 Å². The Balaban J connectivity index is 1.20. The number of hydrogen-bond acceptors (Lipinski definition) is 6. The summed E-state index contributed by atoms with van der Waals surface area (Å²) in [6.45, 7) is 3.89. The van der Waals surface area contributed by atoms with Crippen LogP contribution in [-0.2, 0) is 6.54 Å². The minimum atomic E-state index is 0.692. The van der Waals surface area contributed by atoms with Gasteiger partial charge in [0.2, 0.25) is 0 Å². The number of aromatic amines is 2. The maximum Gasteiger partial charge on any atom is 0.159 e. The Labute approximate surface area is 219 Å². The fourth-order valence-corrected chi connectivity index (χ4v) is 5.52. The van der Waals surface area contributed by atoms with Gasteiger partial charge in [-0.05, 0) is 61.6 Å². The molecule has 9 heteroatoms. The van der Waals surface area contributed by atoms with Gasteiger partial charge in [-0.3, -0.25) is 15.1 Å². The van der Waals surface area contributed by atoms with Crippen molar-refractivity contribution in [2.75, 3.05) is 6.54 Å². The Morgan fingerprint density at radius 1 is 1.00 bits per heavy atom. The van der Waals surface area contributed by atoms with Crippen LogP contribution in [0.15, 0.2) is 61.6 Å². The molecule has 6 aromatic rings. The van der Waals surface area contributed by atoms with Crippen LogP contribution in [0.5, 0.6) is 0 Å². The second-order valence-corrected chi connectivity index (χ2v) is 10.3. The molecule has 38 heavy (non-hydrogen) atoms. The first kappa shape index (κ1) is 22.8. The van der Waals surface area contributed by atoms with Crippen LogP contribution in [0.3, 0.4) is 0 Å². The minimum absolute atomic E-state index is 0.692. The van der Waals surface area contributed by atoms with Gasteiger partial charge in [0.05, 0.1) is 41.1 Å². The number of rotatable bonds is 7. The molecule has 5 heterocycles. The second-order valence-electron chi connectivity index (χ2n) is 10.3. The molecular weight excluding hydrogens is 474 g/mol. The van der Waals surface area contributed by atoms with E-state index in [1.165, 1.54) is 31.2 Å². The monoisotopic (exact) mass is 503 g/mol. The topological polar surface area (TPSA) is 113 Å². The fourth-order valence-electron chi connectivity index (χ4n) is 5.52. The molecule has 9 nitrogen and oxygen atoms in total. The Kier molecular flexibility index (Phi) is 5.70. The molecule has 1 fully saturated rings. The van der Waals surface area contributed by atoms with Gasteiger partial charge in [0, 0.05) is 36.1 Å². The van der Waals surface area contributed by atoms with Gasteiger partial charge < -0.3 is 14.9 Å². The lowest BCUT2D eigenvalue weighted by molar-refractivity contribution is 0.489. The summed E-state index contributed by atoms with van der Waals surface area (Å²) in [6.07, 6.45) is 16.7. The fraction of sp³-hybridized carbons (Fsp3) is 0.276. The third-order valence-corrected chi connectivity index (χ3v) is 7.52. The first-order valence-electron chi connectivity index (χ1n) is 13.2. The lowest BCUT2D eigenvalue weighted by Gasteiger charge is -2.11. The number of nitrogens with zero attached hydrogens (tertiary/aromatic N) is 6. The van der Waals surface area contributed by atoms with Gasteiger partial charge in [-0.2, -0.15) is 5.10 Å². The summed E-state index contributed by atoms with van der Waals surface area (Å²) >= 11 is 0.